The van der Waals surface area contributed by atoms with E-state index in [0.717, 1.165) is 6.26 Å². The van der Waals surface area contributed by atoms with Gasteiger partial charge < -0.3 is 14.7 Å². The Kier molecular flexibility index (Phi) is 6.44. The van der Waals surface area contributed by atoms with Crippen LogP contribution in [-0.2, 0) is 21.0 Å². The zero-order valence-electron chi connectivity index (χ0n) is 13.9. The highest BCUT2D eigenvalue weighted by molar-refractivity contribution is 6.17. The Labute approximate surface area is 149 Å². The van der Waals surface area contributed by atoms with Gasteiger partial charge in [-0.2, -0.15) is 0 Å². The number of aliphatic carboxylic acids is 1. The molecule has 1 N–H and O–H groups in total. The second-order valence-electron chi connectivity index (χ2n) is 5.09. The molecule has 0 spiro atoms. The van der Waals surface area contributed by atoms with Gasteiger partial charge in [0, 0.05) is 23.3 Å². The van der Waals surface area contributed by atoms with E-state index >= 15 is 0 Å². The number of hydrogen-bond acceptors (Lipinski definition) is 6. The molecule has 0 bridgehead atoms. The Balaban J connectivity index is 2.12. The van der Waals surface area contributed by atoms with Gasteiger partial charge in [-0.25, -0.2) is 4.79 Å². The lowest BCUT2D eigenvalue weighted by Gasteiger charge is -2.06. The van der Waals surface area contributed by atoms with Crippen molar-refractivity contribution < 1.29 is 24.4 Å². The number of carbonyl (C=O) groups is 1. The van der Waals surface area contributed by atoms with Crippen LogP contribution in [-0.4, -0.2) is 29.3 Å². The summed E-state index contributed by atoms with van der Waals surface area (Å²) in [5.74, 6) is -1.13. The molecule has 8 heteroatoms. The average molecular weight is 356 g/mol. The van der Waals surface area contributed by atoms with E-state index < -0.39 is 10.9 Å². The van der Waals surface area contributed by atoms with Gasteiger partial charge in [0.2, 0.25) is 0 Å². The first-order valence-corrected chi connectivity index (χ1v) is 7.47. The van der Waals surface area contributed by atoms with Crippen LogP contribution in [0, 0.1) is 10.1 Å². The molecule has 0 unspecified atom stereocenters. The standard InChI is InChI=1S/C18H16N2O6/c1-25-12-17(18(21)22)16-8-3-2-6-14(16)10-19-26-11-13-5-4-7-15(9-13)20(23)24/h2-10,12H,11H2,1H3,(H,21,22). The van der Waals surface area contributed by atoms with Crippen LogP contribution in [0.2, 0.25) is 0 Å². The summed E-state index contributed by atoms with van der Waals surface area (Å²) in [5, 5.41) is 23.9. The fourth-order valence-corrected chi connectivity index (χ4v) is 2.17. The molecule has 0 saturated carbocycles. The Hall–Kier alpha value is -3.68. The predicted molar refractivity (Wildman–Crippen MR) is 94.5 cm³/mol. The molecule has 0 aliphatic carbocycles. The number of nitro benzene ring substituents is 1. The number of carboxylic acids is 1. The van der Waals surface area contributed by atoms with E-state index in [1.165, 1.54) is 25.5 Å². The molecule has 0 aromatic heterocycles. The second-order valence-corrected chi connectivity index (χ2v) is 5.09. The number of hydrogen-bond donors (Lipinski definition) is 1. The third kappa shape index (κ3) is 4.91. The zero-order valence-corrected chi connectivity index (χ0v) is 13.9. The number of ether oxygens (including phenoxy) is 1. The SMILES string of the molecule is COC=C(C(=O)O)c1ccccc1C=NOCc1cccc([N+](=O)[O-])c1. The van der Waals surface area contributed by atoms with Gasteiger partial charge in [-0.15, -0.1) is 0 Å². The summed E-state index contributed by atoms with van der Waals surface area (Å²) >= 11 is 0. The summed E-state index contributed by atoms with van der Waals surface area (Å²) in [6, 6.07) is 12.8. The van der Waals surface area contributed by atoms with E-state index in [-0.39, 0.29) is 17.9 Å². The summed E-state index contributed by atoms with van der Waals surface area (Å²) < 4.78 is 4.82. The summed E-state index contributed by atoms with van der Waals surface area (Å²) in [4.78, 5) is 26.8. The molecule has 2 aromatic carbocycles. The maximum atomic E-state index is 11.4. The largest absolute Gasteiger partial charge is 0.503 e. The molecule has 8 nitrogen and oxygen atoms in total. The van der Waals surface area contributed by atoms with E-state index in [1.54, 1.807) is 36.4 Å². The molecule has 0 atom stereocenters. The van der Waals surface area contributed by atoms with Crippen molar-refractivity contribution in [3.05, 3.63) is 81.6 Å². The van der Waals surface area contributed by atoms with Gasteiger partial charge in [-0.3, -0.25) is 10.1 Å². The molecular formula is C18H16N2O6. The minimum atomic E-state index is -1.13. The van der Waals surface area contributed by atoms with Gasteiger partial charge in [0.05, 0.1) is 24.5 Å². The molecule has 26 heavy (non-hydrogen) atoms. The fraction of sp³-hybridized carbons (Fsp3) is 0.111. The lowest BCUT2D eigenvalue weighted by Crippen LogP contribution is -2.03. The minimum absolute atomic E-state index is 0.0202. The second kappa shape index (κ2) is 8.97. The van der Waals surface area contributed by atoms with Gasteiger partial charge >= 0.3 is 5.97 Å². The monoisotopic (exact) mass is 356 g/mol. The molecule has 0 saturated heterocycles. The highest BCUT2D eigenvalue weighted by Crippen LogP contribution is 2.19. The molecule has 0 amide bonds. The van der Waals surface area contributed by atoms with Crippen LogP contribution in [0.25, 0.3) is 5.57 Å². The first kappa shape index (κ1) is 18.7. The molecule has 0 radical (unpaired) electrons. The normalized spacial score (nSPS) is 11.3. The third-order valence-electron chi connectivity index (χ3n) is 3.34. The number of oxime groups is 1. The number of nitro groups is 1. The molecule has 0 aliphatic rings. The first-order valence-electron chi connectivity index (χ1n) is 7.47. The molecule has 0 heterocycles. The topological polar surface area (TPSA) is 111 Å². The van der Waals surface area contributed by atoms with Crippen molar-refractivity contribution in [3.8, 4) is 0 Å². The fourth-order valence-electron chi connectivity index (χ4n) is 2.17. The van der Waals surface area contributed by atoms with E-state index in [1.807, 2.05) is 0 Å². The molecule has 2 rings (SSSR count). The van der Waals surface area contributed by atoms with Crippen molar-refractivity contribution in [1.82, 2.24) is 0 Å². The number of non-ortho nitro benzene ring substituents is 1. The van der Waals surface area contributed by atoms with Gasteiger partial charge in [0.15, 0.2) is 0 Å². The van der Waals surface area contributed by atoms with Crippen LogP contribution >= 0.6 is 0 Å². The number of carboxylic acid groups (broad SMARTS) is 1. The zero-order chi connectivity index (χ0) is 18.9. The van der Waals surface area contributed by atoms with Crippen molar-refractivity contribution in [2.24, 2.45) is 5.16 Å². The van der Waals surface area contributed by atoms with Crippen LogP contribution in [0.3, 0.4) is 0 Å². The van der Waals surface area contributed by atoms with Crippen LogP contribution in [0.1, 0.15) is 16.7 Å². The smallest absolute Gasteiger partial charge is 0.339 e. The Morgan fingerprint density at radius 3 is 2.73 bits per heavy atom. The summed E-state index contributed by atoms with van der Waals surface area (Å²) in [5.41, 5.74) is 1.49. The quantitative estimate of drug-likeness (QED) is 0.256. The summed E-state index contributed by atoms with van der Waals surface area (Å²) in [6.45, 7) is 0.0417. The van der Waals surface area contributed by atoms with Crippen LogP contribution < -0.4 is 0 Å². The van der Waals surface area contributed by atoms with Crippen LogP contribution in [0.15, 0.2) is 59.9 Å². The number of nitrogens with zero attached hydrogens (tertiary/aromatic N) is 2. The van der Waals surface area contributed by atoms with E-state index in [0.29, 0.717) is 16.7 Å². The summed E-state index contributed by atoms with van der Waals surface area (Å²) in [6.07, 6.45) is 2.51. The Morgan fingerprint density at radius 1 is 1.27 bits per heavy atom. The molecule has 2 aromatic rings. The highest BCUT2D eigenvalue weighted by Gasteiger charge is 2.14. The maximum absolute atomic E-state index is 11.4. The van der Waals surface area contributed by atoms with E-state index in [2.05, 4.69) is 5.16 Å². The molecule has 0 fully saturated rings. The molecule has 0 aliphatic heterocycles. The van der Waals surface area contributed by atoms with E-state index in [9.17, 15) is 20.0 Å². The van der Waals surface area contributed by atoms with Crippen molar-refractivity contribution in [1.29, 1.82) is 0 Å². The van der Waals surface area contributed by atoms with E-state index in [4.69, 9.17) is 9.57 Å². The van der Waals surface area contributed by atoms with Crippen molar-refractivity contribution in [3.63, 3.8) is 0 Å². The highest BCUT2D eigenvalue weighted by atomic mass is 16.6. The summed E-state index contributed by atoms with van der Waals surface area (Å²) in [7, 11) is 1.36. The number of methoxy groups -OCH3 is 1. The first-order chi connectivity index (χ1) is 12.5. The average Bonchev–Trinajstić information content (AvgIpc) is 2.64. The van der Waals surface area contributed by atoms with Crippen molar-refractivity contribution >= 4 is 23.4 Å². The lowest BCUT2D eigenvalue weighted by atomic mass is 10.0. The van der Waals surface area contributed by atoms with Gasteiger partial charge in [0.1, 0.15) is 12.2 Å². The van der Waals surface area contributed by atoms with Gasteiger partial charge in [-0.1, -0.05) is 41.6 Å². The molecular weight excluding hydrogens is 340 g/mol. The van der Waals surface area contributed by atoms with Gasteiger partial charge in [0.25, 0.3) is 5.69 Å². The van der Waals surface area contributed by atoms with Crippen LogP contribution in [0.4, 0.5) is 5.69 Å². The number of benzene rings is 2. The van der Waals surface area contributed by atoms with Crippen molar-refractivity contribution in [2.75, 3.05) is 7.11 Å². The van der Waals surface area contributed by atoms with Crippen LogP contribution in [0.5, 0.6) is 0 Å². The number of rotatable bonds is 8. The van der Waals surface area contributed by atoms with Gasteiger partial charge in [-0.05, 0) is 5.56 Å². The maximum Gasteiger partial charge on any atom is 0.339 e. The third-order valence-corrected chi connectivity index (χ3v) is 3.34. The minimum Gasteiger partial charge on any atom is -0.503 e. The van der Waals surface area contributed by atoms with Crippen molar-refractivity contribution in [2.45, 2.75) is 6.61 Å². The molecule has 134 valence electrons. The Morgan fingerprint density at radius 2 is 2.04 bits per heavy atom. The predicted octanol–water partition coefficient (Wildman–Crippen LogP) is 3.22. The lowest BCUT2D eigenvalue weighted by molar-refractivity contribution is -0.384. The Bertz CT molecular complexity index is 860.